The number of hydrogen-bond acceptors (Lipinski definition) is 3. The van der Waals surface area contributed by atoms with Crippen molar-refractivity contribution >= 4 is 29.3 Å². The summed E-state index contributed by atoms with van der Waals surface area (Å²) >= 11 is 0. The first kappa shape index (κ1) is 24.9. The van der Waals surface area contributed by atoms with Crippen molar-refractivity contribution in [1.82, 2.24) is 0 Å². The number of benzene rings is 2. The molecule has 2 rings (SSSR count). The molecule has 0 amide bonds. The summed E-state index contributed by atoms with van der Waals surface area (Å²) in [6.45, 7) is 3.90. The third kappa shape index (κ3) is 8.07. The second kappa shape index (κ2) is 12.5. The van der Waals surface area contributed by atoms with Crippen LogP contribution in [0.25, 0.3) is 12.2 Å². The molecular formula is C29H36N2O. The van der Waals surface area contributed by atoms with Crippen molar-refractivity contribution in [2.24, 2.45) is 11.8 Å². The Morgan fingerprint density at radius 1 is 0.625 bits per heavy atom. The number of allylic oxidation sites excluding steroid dienone is 6. The lowest BCUT2D eigenvalue weighted by Gasteiger charge is -2.11. The van der Waals surface area contributed by atoms with Crippen molar-refractivity contribution in [2.45, 2.75) is 13.8 Å². The Morgan fingerprint density at radius 2 is 0.969 bits per heavy atom. The van der Waals surface area contributed by atoms with Crippen molar-refractivity contribution in [2.75, 3.05) is 38.0 Å². The molecule has 32 heavy (non-hydrogen) atoms. The van der Waals surface area contributed by atoms with Crippen molar-refractivity contribution in [3.8, 4) is 0 Å². The Hall–Kier alpha value is -3.33. The van der Waals surface area contributed by atoms with E-state index in [2.05, 4.69) is 58.3 Å². The van der Waals surface area contributed by atoms with Crippen LogP contribution in [0.1, 0.15) is 25.0 Å². The van der Waals surface area contributed by atoms with Crippen LogP contribution in [0, 0.1) is 11.8 Å². The first-order valence-electron chi connectivity index (χ1n) is 11.1. The zero-order valence-corrected chi connectivity index (χ0v) is 20.2. The smallest absolute Gasteiger partial charge is 0.145 e. The maximum atomic E-state index is 12.6. The number of carbonyl (C=O) groups excluding carboxylic acids is 1. The fourth-order valence-electron chi connectivity index (χ4n) is 3.17. The summed E-state index contributed by atoms with van der Waals surface area (Å²) in [5.41, 5.74) is 4.63. The van der Waals surface area contributed by atoms with Gasteiger partial charge < -0.3 is 9.80 Å². The van der Waals surface area contributed by atoms with Crippen LogP contribution in [-0.4, -0.2) is 34.0 Å². The summed E-state index contributed by atoms with van der Waals surface area (Å²) < 4.78 is 0. The summed E-state index contributed by atoms with van der Waals surface area (Å²) in [4.78, 5) is 16.8. The number of rotatable bonds is 10. The van der Waals surface area contributed by atoms with E-state index in [0.717, 1.165) is 11.1 Å². The monoisotopic (exact) mass is 428 g/mol. The van der Waals surface area contributed by atoms with E-state index in [0.29, 0.717) is 0 Å². The van der Waals surface area contributed by atoms with Gasteiger partial charge in [0.15, 0.2) is 0 Å². The highest BCUT2D eigenvalue weighted by Gasteiger charge is 2.14. The third-order valence-corrected chi connectivity index (χ3v) is 5.32. The van der Waals surface area contributed by atoms with E-state index in [-0.39, 0.29) is 17.6 Å². The van der Waals surface area contributed by atoms with Gasteiger partial charge >= 0.3 is 0 Å². The maximum Gasteiger partial charge on any atom is 0.145 e. The fraction of sp³-hybridized carbons (Fsp3) is 0.276. The Kier molecular flexibility index (Phi) is 9.75. The predicted molar refractivity (Wildman–Crippen MR) is 141 cm³/mol. The van der Waals surface area contributed by atoms with Crippen LogP contribution < -0.4 is 9.80 Å². The quantitative estimate of drug-likeness (QED) is 0.404. The van der Waals surface area contributed by atoms with Crippen molar-refractivity contribution in [1.29, 1.82) is 0 Å². The lowest BCUT2D eigenvalue weighted by atomic mass is 9.94. The minimum Gasteiger partial charge on any atom is -0.378 e. The Bertz CT molecular complexity index is 882. The molecule has 3 heteroatoms. The number of nitrogens with zero attached hydrogens (tertiary/aromatic N) is 2. The summed E-state index contributed by atoms with van der Waals surface area (Å²) in [5, 5.41) is 0. The van der Waals surface area contributed by atoms with Gasteiger partial charge in [-0.2, -0.15) is 0 Å². The molecule has 0 heterocycles. The van der Waals surface area contributed by atoms with Gasteiger partial charge in [-0.15, -0.1) is 0 Å². The molecule has 0 radical (unpaired) electrons. The van der Waals surface area contributed by atoms with Crippen LogP contribution in [-0.2, 0) is 4.79 Å². The van der Waals surface area contributed by atoms with E-state index < -0.39 is 0 Å². The van der Waals surface area contributed by atoms with Gasteiger partial charge in [0.1, 0.15) is 5.78 Å². The van der Waals surface area contributed by atoms with Crippen molar-refractivity contribution < 1.29 is 4.79 Å². The van der Waals surface area contributed by atoms with Gasteiger partial charge in [0.25, 0.3) is 0 Å². The first-order chi connectivity index (χ1) is 15.3. The van der Waals surface area contributed by atoms with Gasteiger partial charge in [-0.1, -0.05) is 86.7 Å². The second-order valence-electron chi connectivity index (χ2n) is 8.44. The Balaban J connectivity index is 1.84. The number of ketones is 1. The Labute approximate surface area is 194 Å². The van der Waals surface area contributed by atoms with Gasteiger partial charge in [0.05, 0.1) is 0 Å². The highest BCUT2D eigenvalue weighted by Crippen LogP contribution is 2.15. The molecule has 0 fully saturated rings. The highest BCUT2D eigenvalue weighted by atomic mass is 16.1. The molecule has 0 aliphatic rings. The van der Waals surface area contributed by atoms with Gasteiger partial charge in [-0.05, 0) is 35.4 Å². The van der Waals surface area contributed by atoms with Gasteiger partial charge in [0.2, 0.25) is 0 Å². The molecule has 2 atom stereocenters. The largest absolute Gasteiger partial charge is 0.378 e. The second-order valence-corrected chi connectivity index (χ2v) is 8.44. The molecule has 0 spiro atoms. The standard InChI is InChI=1S/C29H36N2O/c1-23(11-7-9-13-25-15-19-27(20-16-25)30(3)4)29(32)24(2)12-8-10-14-26-17-21-28(22-18-26)31(5)6/h7-24H,1-6H3. The number of anilines is 2. The molecular weight excluding hydrogens is 392 g/mol. The van der Waals surface area contributed by atoms with Crippen molar-refractivity contribution in [3.63, 3.8) is 0 Å². The van der Waals surface area contributed by atoms with E-state index in [9.17, 15) is 4.79 Å². The average molecular weight is 429 g/mol. The molecule has 168 valence electrons. The summed E-state index contributed by atoms with van der Waals surface area (Å²) in [6.07, 6.45) is 15.9. The molecule has 2 aromatic carbocycles. The molecule has 0 bridgehead atoms. The van der Waals surface area contributed by atoms with Crippen molar-refractivity contribution in [3.05, 3.63) is 96.1 Å². The lowest BCUT2D eigenvalue weighted by Crippen LogP contribution is -2.15. The molecule has 0 aromatic heterocycles. The van der Waals surface area contributed by atoms with Gasteiger partial charge in [0, 0.05) is 51.4 Å². The van der Waals surface area contributed by atoms with Crippen LogP contribution in [0.15, 0.2) is 85.0 Å². The van der Waals surface area contributed by atoms with E-state index >= 15 is 0 Å². The SMILES string of the molecule is CC(C=CC=Cc1ccc(N(C)C)cc1)C(=O)C(C)C=CC=Cc1ccc(N(C)C)cc1. The predicted octanol–water partition coefficient (Wildman–Crippen LogP) is 6.50. The molecule has 0 N–H and O–H groups in total. The van der Waals surface area contributed by atoms with Gasteiger partial charge in [-0.25, -0.2) is 0 Å². The summed E-state index contributed by atoms with van der Waals surface area (Å²) in [5.74, 6) is -0.0408. The number of Topliss-reactive ketones (excluding diaryl/α,β-unsaturated/α-hetero) is 1. The number of hydrogen-bond donors (Lipinski definition) is 0. The summed E-state index contributed by atoms with van der Waals surface area (Å²) in [7, 11) is 8.12. The molecule has 0 aliphatic heterocycles. The first-order valence-corrected chi connectivity index (χ1v) is 11.1. The number of carbonyl (C=O) groups is 1. The average Bonchev–Trinajstić information content (AvgIpc) is 2.79. The van der Waals surface area contributed by atoms with Crippen LogP contribution in [0.5, 0.6) is 0 Å². The molecule has 3 nitrogen and oxygen atoms in total. The molecule has 0 saturated heterocycles. The maximum absolute atomic E-state index is 12.6. The van der Waals surface area contributed by atoms with Crippen LogP contribution in [0.4, 0.5) is 11.4 Å². The minimum atomic E-state index is -0.127. The molecule has 2 aromatic rings. The summed E-state index contributed by atoms with van der Waals surface area (Å²) in [6, 6.07) is 16.7. The van der Waals surface area contributed by atoms with E-state index in [1.165, 1.54) is 11.4 Å². The van der Waals surface area contributed by atoms with Crippen LogP contribution in [0.2, 0.25) is 0 Å². The molecule has 0 aliphatic carbocycles. The Morgan fingerprint density at radius 3 is 1.28 bits per heavy atom. The van der Waals surface area contributed by atoms with Crippen LogP contribution >= 0.6 is 0 Å². The van der Waals surface area contributed by atoms with E-state index in [4.69, 9.17) is 0 Å². The zero-order valence-electron chi connectivity index (χ0n) is 20.2. The highest BCUT2D eigenvalue weighted by molar-refractivity contribution is 5.86. The van der Waals surface area contributed by atoms with E-state index in [1.807, 2.05) is 90.6 Å². The van der Waals surface area contributed by atoms with Crippen LogP contribution in [0.3, 0.4) is 0 Å². The normalized spacial score (nSPS) is 13.9. The topological polar surface area (TPSA) is 23.6 Å². The van der Waals surface area contributed by atoms with E-state index in [1.54, 1.807) is 0 Å². The molecule has 2 unspecified atom stereocenters. The van der Waals surface area contributed by atoms with Gasteiger partial charge in [-0.3, -0.25) is 4.79 Å². The minimum absolute atomic E-state index is 0.127. The third-order valence-electron chi connectivity index (χ3n) is 5.32. The zero-order chi connectivity index (χ0) is 23.5. The molecule has 0 saturated carbocycles. The lowest BCUT2D eigenvalue weighted by molar-refractivity contribution is -0.123. The fourth-order valence-corrected chi connectivity index (χ4v) is 3.17.